The standard InChI is InChI=1S/C13H17F4NO/c1-2-19-7-3-4-12(18)9-5-6-10(11(14)8-9)13(15,16)17/h5-6,8,12H,2-4,7,18H2,1H3. The Kier molecular flexibility index (Phi) is 5.75. The molecule has 0 saturated heterocycles. The second kappa shape index (κ2) is 6.86. The molecule has 2 nitrogen and oxygen atoms in total. The smallest absolute Gasteiger partial charge is 0.382 e. The van der Waals surface area contributed by atoms with Crippen molar-refractivity contribution in [3.05, 3.63) is 35.1 Å². The highest BCUT2D eigenvalue weighted by Crippen LogP contribution is 2.32. The van der Waals surface area contributed by atoms with Crippen molar-refractivity contribution in [2.24, 2.45) is 5.73 Å². The van der Waals surface area contributed by atoms with E-state index in [4.69, 9.17) is 10.5 Å². The lowest BCUT2D eigenvalue weighted by molar-refractivity contribution is -0.140. The van der Waals surface area contributed by atoms with Crippen LogP contribution in [0.5, 0.6) is 0 Å². The predicted octanol–water partition coefficient (Wildman–Crippen LogP) is 3.66. The van der Waals surface area contributed by atoms with E-state index in [0.717, 1.165) is 12.1 Å². The lowest BCUT2D eigenvalue weighted by Crippen LogP contribution is -2.14. The average molecular weight is 279 g/mol. The van der Waals surface area contributed by atoms with Crippen LogP contribution < -0.4 is 5.73 Å². The quantitative estimate of drug-likeness (QED) is 0.637. The molecule has 1 rings (SSSR count). The van der Waals surface area contributed by atoms with Gasteiger partial charge in [-0.05, 0) is 37.5 Å². The van der Waals surface area contributed by atoms with Gasteiger partial charge in [0.15, 0.2) is 0 Å². The van der Waals surface area contributed by atoms with Gasteiger partial charge in [-0.3, -0.25) is 0 Å². The summed E-state index contributed by atoms with van der Waals surface area (Å²) in [4.78, 5) is 0. The zero-order valence-corrected chi connectivity index (χ0v) is 10.6. The topological polar surface area (TPSA) is 35.2 Å². The first-order valence-corrected chi connectivity index (χ1v) is 6.06. The van der Waals surface area contributed by atoms with Crippen LogP contribution in [0.25, 0.3) is 0 Å². The molecule has 0 amide bonds. The van der Waals surface area contributed by atoms with Crippen molar-refractivity contribution in [3.8, 4) is 0 Å². The predicted molar refractivity (Wildman–Crippen MR) is 64.1 cm³/mol. The number of benzene rings is 1. The van der Waals surface area contributed by atoms with E-state index < -0.39 is 23.6 Å². The van der Waals surface area contributed by atoms with Crippen molar-refractivity contribution in [3.63, 3.8) is 0 Å². The van der Waals surface area contributed by atoms with Crippen LogP contribution in [0.2, 0.25) is 0 Å². The molecule has 0 aliphatic carbocycles. The number of ether oxygens (including phenoxy) is 1. The fourth-order valence-electron chi connectivity index (χ4n) is 1.71. The summed E-state index contributed by atoms with van der Waals surface area (Å²) in [6.45, 7) is 3.00. The minimum Gasteiger partial charge on any atom is -0.382 e. The Bertz CT molecular complexity index is 406. The molecule has 0 aromatic heterocycles. The number of nitrogens with two attached hydrogens (primary N) is 1. The molecular formula is C13H17F4NO. The van der Waals surface area contributed by atoms with Crippen molar-refractivity contribution in [2.75, 3.05) is 13.2 Å². The van der Waals surface area contributed by atoms with Crippen molar-refractivity contribution < 1.29 is 22.3 Å². The molecule has 0 spiro atoms. The lowest BCUT2D eigenvalue weighted by Gasteiger charge is -2.14. The third kappa shape index (κ3) is 4.80. The van der Waals surface area contributed by atoms with Gasteiger partial charge in [0.1, 0.15) is 5.82 Å². The van der Waals surface area contributed by atoms with Gasteiger partial charge in [-0.1, -0.05) is 6.07 Å². The zero-order chi connectivity index (χ0) is 14.5. The number of hydrogen-bond acceptors (Lipinski definition) is 2. The average Bonchev–Trinajstić information content (AvgIpc) is 2.32. The van der Waals surface area contributed by atoms with Gasteiger partial charge >= 0.3 is 6.18 Å². The summed E-state index contributed by atoms with van der Waals surface area (Å²) in [7, 11) is 0. The van der Waals surface area contributed by atoms with Crippen LogP contribution in [0.1, 0.15) is 36.9 Å². The maximum Gasteiger partial charge on any atom is 0.419 e. The minimum atomic E-state index is -4.68. The summed E-state index contributed by atoms with van der Waals surface area (Å²) in [6.07, 6.45) is -3.47. The normalized spacial score (nSPS) is 13.6. The number of alkyl halides is 3. The SMILES string of the molecule is CCOCCCC(N)c1ccc(C(F)(F)F)c(F)c1. The minimum absolute atomic E-state index is 0.363. The van der Waals surface area contributed by atoms with E-state index in [9.17, 15) is 17.6 Å². The van der Waals surface area contributed by atoms with E-state index in [1.165, 1.54) is 6.07 Å². The molecule has 0 saturated carbocycles. The van der Waals surface area contributed by atoms with Crippen molar-refractivity contribution in [1.29, 1.82) is 0 Å². The molecule has 19 heavy (non-hydrogen) atoms. The fourth-order valence-corrected chi connectivity index (χ4v) is 1.71. The maximum atomic E-state index is 13.3. The molecule has 1 aromatic rings. The van der Waals surface area contributed by atoms with Gasteiger partial charge in [0.25, 0.3) is 0 Å². The van der Waals surface area contributed by atoms with E-state index in [1.54, 1.807) is 0 Å². The maximum absolute atomic E-state index is 13.3. The summed E-state index contributed by atoms with van der Waals surface area (Å²) >= 11 is 0. The molecular weight excluding hydrogens is 262 g/mol. The molecule has 6 heteroatoms. The van der Waals surface area contributed by atoms with Crippen molar-refractivity contribution >= 4 is 0 Å². The van der Waals surface area contributed by atoms with Crippen LogP contribution >= 0.6 is 0 Å². The summed E-state index contributed by atoms with van der Waals surface area (Å²) in [5.41, 5.74) is 4.90. The monoisotopic (exact) mass is 279 g/mol. The molecule has 0 radical (unpaired) electrons. The Hall–Kier alpha value is -1.14. The molecule has 0 bridgehead atoms. The van der Waals surface area contributed by atoms with Gasteiger partial charge in [0, 0.05) is 19.3 Å². The molecule has 0 aliphatic rings. The highest BCUT2D eigenvalue weighted by molar-refractivity contribution is 5.28. The summed E-state index contributed by atoms with van der Waals surface area (Å²) < 4.78 is 55.6. The summed E-state index contributed by atoms with van der Waals surface area (Å²) in [5, 5.41) is 0. The number of halogens is 4. The Balaban J connectivity index is 2.67. The van der Waals surface area contributed by atoms with Crippen LogP contribution in [0.4, 0.5) is 17.6 Å². The third-order valence-electron chi connectivity index (χ3n) is 2.73. The van der Waals surface area contributed by atoms with Gasteiger partial charge in [-0.15, -0.1) is 0 Å². The van der Waals surface area contributed by atoms with E-state index in [2.05, 4.69) is 0 Å². The van der Waals surface area contributed by atoms with E-state index >= 15 is 0 Å². The van der Waals surface area contributed by atoms with Crippen LogP contribution in [-0.4, -0.2) is 13.2 Å². The Morgan fingerprint density at radius 2 is 2.00 bits per heavy atom. The third-order valence-corrected chi connectivity index (χ3v) is 2.73. The molecule has 1 aromatic carbocycles. The fraction of sp³-hybridized carbons (Fsp3) is 0.538. The second-order valence-corrected chi connectivity index (χ2v) is 4.18. The zero-order valence-electron chi connectivity index (χ0n) is 10.6. The van der Waals surface area contributed by atoms with E-state index in [1.807, 2.05) is 6.92 Å². The molecule has 108 valence electrons. The second-order valence-electron chi connectivity index (χ2n) is 4.18. The van der Waals surface area contributed by atoms with Crippen LogP contribution in [-0.2, 0) is 10.9 Å². The molecule has 0 fully saturated rings. The van der Waals surface area contributed by atoms with E-state index in [0.29, 0.717) is 31.6 Å². The molecule has 0 heterocycles. The van der Waals surface area contributed by atoms with Crippen molar-refractivity contribution in [2.45, 2.75) is 32.0 Å². The van der Waals surface area contributed by atoms with Gasteiger partial charge in [-0.2, -0.15) is 13.2 Å². The molecule has 1 atom stereocenters. The van der Waals surface area contributed by atoms with Crippen molar-refractivity contribution in [1.82, 2.24) is 0 Å². The largest absolute Gasteiger partial charge is 0.419 e. The van der Waals surface area contributed by atoms with Crippen LogP contribution in [0.3, 0.4) is 0 Å². The molecule has 1 unspecified atom stereocenters. The first kappa shape index (κ1) is 15.9. The first-order chi connectivity index (χ1) is 8.86. The van der Waals surface area contributed by atoms with Gasteiger partial charge < -0.3 is 10.5 Å². The summed E-state index contributed by atoms with van der Waals surface area (Å²) in [5.74, 6) is -1.29. The lowest BCUT2D eigenvalue weighted by atomic mass is 10.0. The van der Waals surface area contributed by atoms with Gasteiger partial charge in [0.2, 0.25) is 0 Å². The Morgan fingerprint density at radius 3 is 2.53 bits per heavy atom. The summed E-state index contributed by atoms with van der Waals surface area (Å²) in [6, 6.07) is 2.32. The van der Waals surface area contributed by atoms with Crippen LogP contribution in [0, 0.1) is 5.82 Å². The Labute approximate surface area is 109 Å². The van der Waals surface area contributed by atoms with Crippen LogP contribution in [0.15, 0.2) is 18.2 Å². The first-order valence-electron chi connectivity index (χ1n) is 6.06. The Morgan fingerprint density at radius 1 is 1.32 bits per heavy atom. The van der Waals surface area contributed by atoms with E-state index in [-0.39, 0.29) is 0 Å². The van der Waals surface area contributed by atoms with Gasteiger partial charge in [0.05, 0.1) is 5.56 Å². The number of rotatable bonds is 6. The highest BCUT2D eigenvalue weighted by atomic mass is 19.4. The molecule has 0 aliphatic heterocycles. The molecule has 2 N–H and O–H groups in total. The number of hydrogen-bond donors (Lipinski definition) is 1. The van der Waals surface area contributed by atoms with Gasteiger partial charge in [-0.25, -0.2) is 4.39 Å². The highest BCUT2D eigenvalue weighted by Gasteiger charge is 2.34.